The summed E-state index contributed by atoms with van der Waals surface area (Å²) in [5.41, 5.74) is 0. The average molecular weight is 264 g/mol. The first kappa shape index (κ1) is 12.0. The number of alkyl halides is 1. The van der Waals surface area contributed by atoms with Crippen LogP contribution in [0.5, 0.6) is 0 Å². The van der Waals surface area contributed by atoms with Gasteiger partial charge in [-0.15, -0.1) is 0 Å². The Morgan fingerprint density at radius 1 is 1.43 bits per heavy atom. The number of amides is 1. The van der Waals surface area contributed by atoms with Crippen molar-refractivity contribution in [3.05, 3.63) is 0 Å². The molecule has 2 unspecified atom stereocenters. The van der Waals surface area contributed by atoms with Crippen LogP contribution >= 0.6 is 15.9 Å². The van der Waals surface area contributed by atoms with Crippen LogP contribution in [0.3, 0.4) is 0 Å². The van der Waals surface area contributed by atoms with Crippen molar-refractivity contribution < 1.29 is 9.90 Å². The first-order valence-electron chi connectivity index (χ1n) is 5.13. The summed E-state index contributed by atoms with van der Waals surface area (Å²) in [6.45, 7) is 5.24. The molecule has 1 aliphatic heterocycles. The number of hydrogen-bond acceptors (Lipinski definition) is 2. The van der Waals surface area contributed by atoms with Crippen LogP contribution in [-0.2, 0) is 4.79 Å². The summed E-state index contributed by atoms with van der Waals surface area (Å²) in [7, 11) is 0. The van der Waals surface area contributed by atoms with Crippen molar-refractivity contribution >= 4 is 21.8 Å². The molecule has 1 N–H and O–H groups in total. The summed E-state index contributed by atoms with van der Waals surface area (Å²) in [5, 5.41) is 9.40. The Balaban J connectivity index is 2.39. The minimum atomic E-state index is -0.242. The number of hydrogen-bond donors (Lipinski definition) is 1. The SMILES string of the molecule is CC(Br)C(=O)N1CCC(C(C)O)CC1. The van der Waals surface area contributed by atoms with Crippen molar-refractivity contribution in [1.29, 1.82) is 0 Å². The second-order valence-corrected chi connectivity index (χ2v) is 5.39. The van der Waals surface area contributed by atoms with Gasteiger partial charge < -0.3 is 10.0 Å². The maximum atomic E-state index is 11.6. The van der Waals surface area contributed by atoms with E-state index in [2.05, 4.69) is 15.9 Å². The van der Waals surface area contributed by atoms with Crippen molar-refractivity contribution in [2.45, 2.75) is 37.6 Å². The van der Waals surface area contributed by atoms with Crippen LogP contribution in [0.1, 0.15) is 26.7 Å². The fourth-order valence-electron chi connectivity index (χ4n) is 1.85. The van der Waals surface area contributed by atoms with Gasteiger partial charge in [0, 0.05) is 13.1 Å². The molecule has 0 saturated carbocycles. The van der Waals surface area contributed by atoms with E-state index in [4.69, 9.17) is 0 Å². The maximum Gasteiger partial charge on any atom is 0.236 e. The highest BCUT2D eigenvalue weighted by molar-refractivity contribution is 9.10. The largest absolute Gasteiger partial charge is 0.393 e. The topological polar surface area (TPSA) is 40.5 Å². The van der Waals surface area contributed by atoms with Crippen LogP contribution in [-0.4, -0.2) is 39.9 Å². The molecule has 1 rings (SSSR count). The van der Waals surface area contributed by atoms with Crippen molar-refractivity contribution in [2.75, 3.05) is 13.1 Å². The van der Waals surface area contributed by atoms with Gasteiger partial charge in [-0.1, -0.05) is 15.9 Å². The minimum Gasteiger partial charge on any atom is -0.393 e. The predicted octanol–water partition coefficient (Wildman–Crippen LogP) is 1.39. The fraction of sp³-hybridized carbons (Fsp3) is 0.900. The lowest BCUT2D eigenvalue weighted by Crippen LogP contribution is -2.43. The molecule has 0 aromatic carbocycles. The van der Waals surface area contributed by atoms with E-state index in [-0.39, 0.29) is 16.8 Å². The minimum absolute atomic E-state index is 0.0920. The van der Waals surface area contributed by atoms with E-state index in [0.29, 0.717) is 5.92 Å². The summed E-state index contributed by atoms with van der Waals surface area (Å²) in [4.78, 5) is 13.4. The van der Waals surface area contributed by atoms with E-state index in [0.717, 1.165) is 25.9 Å². The van der Waals surface area contributed by atoms with Crippen molar-refractivity contribution in [1.82, 2.24) is 4.90 Å². The highest BCUT2D eigenvalue weighted by Gasteiger charge is 2.26. The third-order valence-electron chi connectivity index (χ3n) is 2.87. The molecule has 1 heterocycles. The molecule has 4 heteroatoms. The molecular weight excluding hydrogens is 246 g/mol. The Kier molecular flexibility index (Phi) is 4.38. The van der Waals surface area contributed by atoms with Gasteiger partial charge >= 0.3 is 0 Å². The number of aliphatic hydroxyl groups is 1. The van der Waals surface area contributed by atoms with Crippen LogP contribution in [0.25, 0.3) is 0 Å². The summed E-state index contributed by atoms with van der Waals surface area (Å²) in [6.07, 6.45) is 1.60. The molecule has 0 spiro atoms. The molecule has 0 aliphatic carbocycles. The number of halogens is 1. The van der Waals surface area contributed by atoms with Gasteiger partial charge in [0.25, 0.3) is 0 Å². The lowest BCUT2D eigenvalue weighted by atomic mass is 9.92. The monoisotopic (exact) mass is 263 g/mol. The van der Waals surface area contributed by atoms with E-state index in [1.54, 1.807) is 0 Å². The third kappa shape index (κ3) is 2.95. The zero-order valence-corrected chi connectivity index (χ0v) is 10.3. The van der Waals surface area contributed by atoms with Gasteiger partial charge in [-0.05, 0) is 32.6 Å². The molecule has 1 saturated heterocycles. The lowest BCUT2D eigenvalue weighted by molar-refractivity contribution is -0.132. The van der Waals surface area contributed by atoms with Crippen LogP contribution in [0, 0.1) is 5.92 Å². The summed E-state index contributed by atoms with van der Waals surface area (Å²) < 4.78 is 0. The Bertz CT molecular complexity index is 198. The lowest BCUT2D eigenvalue weighted by Gasteiger charge is -2.33. The van der Waals surface area contributed by atoms with E-state index in [1.165, 1.54) is 0 Å². The van der Waals surface area contributed by atoms with Gasteiger partial charge in [-0.2, -0.15) is 0 Å². The number of carbonyl (C=O) groups is 1. The molecule has 82 valence electrons. The molecule has 1 amide bonds. The van der Waals surface area contributed by atoms with E-state index < -0.39 is 0 Å². The highest BCUT2D eigenvalue weighted by Crippen LogP contribution is 2.21. The predicted molar refractivity (Wildman–Crippen MR) is 59.4 cm³/mol. The van der Waals surface area contributed by atoms with Crippen molar-refractivity contribution in [2.24, 2.45) is 5.92 Å². The Morgan fingerprint density at radius 3 is 2.29 bits per heavy atom. The van der Waals surface area contributed by atoms with Crippen LogP contribution in [0.15, 0.2) is 0 Å². The first-order chi connectivity index (χ1) is 6.52. The average Bonchev–Trinajstić information content (AvgIpc) is 2.16. The van der Waals surface area contributed by atoms with Gasteiger partial charge in [0.1, 0.15) is 0 Å². The molecule has 1 aliphatic rings. The number of aliphatic hydroxyl groups excluding tert-OH is 1. The summed E-state index contributed by atoms with van der Waals surface area (Å²) in [6, 6.07) is 0. The Morgan fingerprint density at radius 2 is 1.93 bits per heavy atom. The van der Waals surface area contributed by atoms with Gasteiger partial charge in [0.15, 0.2) is 0 Å². The highest BCUT2D eigenvalue weighted by atomic mass is 79.9. The zero-order chi connectivity index (χ0) is 10.7. The van der Waals surface area contributed by atoms with Gasteiger partial charge in [0.05, 0.1) is 10.9 Å². The van der Waals surface area contributed by atoms with Gasteiger partial charge in [0.2, 0.25) is 5.91 Å². The molecule has 2 atom stereocenters. The molecule has 14 heavy (non-hydrogen) atoms. The third-order valence-corrected chi connectivity index (χ3v) is 3.27. The first-order valence-corrected chi connectivity index (χ1v) is 6.05. The zero-order valence-electron chi connectivity index (χ0n) is 8.74. The molecule has 1 fully saturated rings. The van der Waals surface area contributed by atoms with Crippen molar-refractivity contribution in [3.63, 3.8) is 0 Å². The number of carbonyl (C=O) groups excluding carboxylic acids is 1. The van der Waals surface area contributed by atoms with Crippen LogP contribution in [0.2, 0.25) is 0 Å². The number of rotatable bonds is 2. The van der Waals surface area contributed by atoms with Crippen molar-refractivity contribution in [3.8, 4) is 0 Å². The molecule has 3 nitrogen and oxygen atoms in total. The quantitative estimate of drug-likeness (QED) is 0.766. The fourth-order valence-corrected chi connectivity index (χ4v) is 2.14. The molecule has 0 radical (unpaired) electrons. The molecule has 0 aromatic heterocycles. The molecular formula is C10H18BrNO2. The van der Waals surface area contributed by atoms with E-state index in [1.807, 2.05) is 18.7 Å². The van der Waals surface area contributed by atoms with Crippen LogP contribution < -0.4 is 0 Å². The summed E-state index contributed by atoms with van der Waals surface area (Å²) in [5.74, 6) is 0.527. The van der Waals surface area contributed by atoms with Gasteiger partial charge in [-0.25, -0.2) is 0 Å². The Labute approximate surface area is 93.6 Å². The van der Waals surface area contributed by atoms with Crippen LogP contribution in [0.4, 0.5) is 0 Å². The smallest absolute Gasteiger partial charge is 0.236 e. The normalized spacial score (nSPS) is 23.3. The second-order valence-electron chi connectivity index (χ2n) is 4.02. The van der Waals surface area contributed by atoms with Gasteiger partial charge in [-0.3, -0.25) is 4.79 Å². The number of piperidine rings is 1. The second kappa shape index (κ2) is 5.12. The van der Waals surface area contributed by atoms with E-state index in [9.17, 15) is 9.90 Å². The molecule has 0 aromatic rings. The molecule has 0 bridgehead atoms. The number of likely N-dealkylation sites (tertiary alicyclic amines) is 1. The Hall–Kier alpha value is -0.0900. The summed E-state index contributed by atoms with van der Waals surface area (Å²) >= 11 is 3.28. The maximum absolute atomic E-state index is 11.6. The number of nitrogens with zero attached hydrogens (tertiary/aromatic N) is 1. The standard InChI is InChI=1S/C10H18BrNO2/c1-7(11)10(14)12-5-3-9(4-6-12)8(2)13/h7-9,13H,3-6H2,1-2H3. The van der Waals surface area contributed by atoms with E-state index >= 15 is 0 Å².